The molecule has 1 aliphatic carbocycles. The summed E-state index contributed by atoms with van der Waals surface area (Å²) in [6.07, 6.45) is 7.50. The third kappa shape index (κ3) is 9.41. The number of carboxylic acid groups (broad SMARTS) is 1. The first-order chi connectivity index (χ1) is 34.8. The van der Waals surface area contributed by atoms with E-state index in [1.165, 1.54) is 11.3 Å². The fourth-order valence-corrected chi connectivity index (χ4v) is 12.1. The van der Waals surface area contributed by atoms with Gasteiger partial charge in [-0.3, -0.25) is 39.4 Å². The number of nitrogens with zero attached hydrogens (tertiary/aromatic N) is 6. The Kier molecular flexibility index (Phi) is 12.5. The number of benzene rings is 4. The number of hydrogen-bond acceptors (Lipinski definition) is 12. The number of carboxylic acids is 1. The van der Waals surface area contributed by atoms with Crippen molar-refractivity contribution in [2.75, 3.05) is 41.7 Å². The minimum absolute atomic E-state index is 0.0349. The SMILES string of the molecule is Cc1cc(OC2CCC3(CC2)CCN(CC(=O)Nc2ccc4c(C5CCC(=O)NC5=O)nn(C)c4c2)CC3)ccc1-c1ccc(N2CCc3cccc(C(=O)Nc4nc5ccccc5s4)c3C2)nc1C(=O)O. The molecular weight excluding hydrogens is 931 g/mol. The number of piperidine rings is 2. The van der Waals surface area contributed by atoms with E-state index in [2.05, 4.69) is 30.9 Å². The van der Waals surface area contributed by atoms with E-state index in [0.717, 1.165) is 101 Å². The molecule has 7 aromatic rings. The third-order valence-electron chi connectivity index (χ3n) is 15.2. The van der Waals surface area contributed by atoms with E-state index in [0.29, 0.717) is 65.9 Å². The van der Waals surface area contributed by atoms with Gasteiger partial charge in [0, 0.05) is 48.8 Å². The van der Waals surface area contributed by atoms with Crippen molar-refractivity contribution in [1.29, 1.82) is 0 Å². The molecule has 6 heterocycles. The van der Waals surface area contributed by atoms with E-state index >= 15 is 0 Å². The van der Waals surface area contributed by atoms with Gasteiger partial charge in [-0.2, -0.15) is 5.10 Å². The zero-order valence-electron chi connectivity index (χ0n) is 40.2. The highest BCUT2D eigenvalue weighted by molar-refractivity contribution is 7.22. The number of aromatic carboxylic acids is 1. The van der Waals surface area contributed by atoms with E-state index < -0.39 is 11.9 Å². The largest absolute Gasteiger partial charge is 0.490 e. The van der Waals surface area contributed by atoms with Crippen LogP contribution >= 0.6 is 11.3 Å². The average Bonchev–Trinajstić information content (AvgIpc) is 3.94. The summed E-state index contributed by atoms with van der Waals surface area (Å²) in [7, 11) is 1.81. The normalized spacial score (nSPS) is 18.2. The summed E-state index contributed by atoms with van der Waals surface area (Å²) >= 11 is 1.43. The van der Waals surface area contributed by atoms with E-state index in [4.69, 9.17) is 9.72 Å². The van der Waals surface area contributed by atoms with Crippen molar-refractivity contribution in [1.82, 2.24) is 30.0 Å². The smallest absolute Gasteiger partial charge is 0.355 e. The first-order valence-electron chi connectivity index (χ1n) is 24.7. The van der Waals surface area contributed by atoms with Gasteiger partial charge in [0.15, 0.2) is 10.8 Å². The fraction of sp³-hybridized carbons (Fsp3) is 0.345. The fourth-order valence-electron chi connectivity index (χ4n) is 11.3. The number of rotatable bonds is 11. The van der Waals surface area contributed by atoms with Crippen LogP contribution in [-0.4, -0.2) is 91.6 Å². The number of carbonyl (C=O) groups excluding carboxylic acids is 4. The lowest BCUT2D eigenvalue weighted by Crippen LogP contribution is -2.45. The second-order valence-electron chi connectivity index (χ2n) is 19.8. The van der Waals surface area contributed by atoms with Crippen LogP contribution in [0.2, 0.25) is 0 Å². The van der Waals surface area contributed by atoms with Gasteiger partial charge in [0.25, 0.3) is 5.91 Å². The molecule has 17 heteroatoms. The zero-order valence-corrected chi connectivity index (χ0v) is 41.0. The van der Waals surface area contributed by atoms with Crippen molar-refractivity contribution in [3.05, 3.63) is 125 Å². The minimum Gasteiger partial charge on any atom is -0.490 e. The maximum absolute atomic E-state index is 13.6. The van der Waals surface area contributed by atoms with Crippen LogP contribution in [0.5, 0.6) is 5.75 Å². The van der Waals surface area contributed by atoms with Crippen LogP contribution in [0.1, 0.15) is 101 Å². The number of aromatic nitrogens is 4. The summed E-state index contributed by atoms with van der Waals surface area (Å²) in [6, 6.07) is 28.7. The molecule has 0 radical (unpaired) electrons. The Hall–Kier alpha value is -7.50. The number of thiazole rings is 1. The predicted molar refractivity (Wildman–Crippen MR) is 276 cm³/mol. The maximum Gasteiger partial charge on any atom is 0.355 e. The second-order valence-corrected chi connectivity index (χ2v) is 20.8. The topological polar surface area (TPSA) is 201 Å². The minimum atomic E-state index is -1.12. The number of hydrogen-bond donors (Lipinski definition) is 4. The summed E-state index contributed by atoms with van der Waals surface area (Å²) in [5, 5.41) is 24.9. The van der Waals surface area contributed by atoms with Gasteiger partial charge in [-0.15, -0.1) is 0 Å². The van der Waals surface area contributed by atoms with Crippen LogP contribution < -0.4 is 25.6 Å². The molecule has 4 amide bonds. The molecule has 4 N–H and O–H groups in total. The molecule has 4 aromatic carbocycles. The molecule has 0 bridgehead atoms. The molecule has 1 spiro atoms. The summed E-state index contributed by atoms with van der Waals surface area (Å²) in [5.74, 6) is -1.22. The van der Waals surface area contributed by atoms with Crippen molar-refractivity contribution < 1.29 is 33.8 Å². The zero-order chi connectivity index (χ0) is 49.7. The van der Waals surface area contributed by atoms with Crippen molar-refractivity contribution in [3.63, 3.8) is 0 Å². The number of para-hydroxylation sites is 1. The van der Waals surface area contributed by atoms with Crippen LogP contribution in [0.3, 0.4) is 0 Å². The molecule has 368 valence electrons. The van der Waals surface area contributed by atoms with Gasteiger partial charge in [0.2, 0.25) is 17.7 Å². The first-order valence-corrected chi connectivity index (χ1v) is 25.5. The number of likely N-dealkylation sites (tertiary alicyclic amines) is 1. The Labute approximate surface area is 419 Å². The van der Waals surface area contributed by atoms with Gasteiger partial charge in [0.1, 0.15) is 11.6 Å². The molecule has 3 aromatic heterocycles. The number of ether oxygens (including phenoxy) is 1. The highest BCUT2D eigenvalue weighted by atomic mass is 32.1. The lowest BCUT2D eigenvalue weighted by atomic mass is 9.67. The Morgan fingerprint density at radius 2 is 1.67 bits per heavy atom. The molecular formula is C55H55N9O7S. The molecule has 2 saturated heterocycles. The number of fused-ring (bicyclic) bond motifs is 3. The monoisotopic (exact) mass is 985 g/mol. The van der Waals surface area contributed by atoms with Gasteiger partial charge < -0.3 is 20.1 Å². The van der Waals surface area contributed by atoms with Gasteiger partial charge >= 0.3 is 5.97 Å². The number of imide groups is 1. The summed E-state index contributed by atoms with van der Waals surface area (Å²) in [5.41, 5.74) is 7.85. The highest BCUT2D eigenvalue weighted by Crippen LogP contribution is 2.46. The third-order valence-corrected chi connectivity index (χ3v) is 16.2. The summed E-state index contributed by atoms with van der Waals surface area (Å²) in [6.45, 7) is 5.00. The number of amides is 4. The average molecular weight is 986 g/mol. The highest BCUT2D eigenvalue weighted by Gasteiger charge is 2.39. The van der Waals surface area contributed by atoms with Crippen molar-refractivity contribution in [2.24, 2.45) is 12.5 Å². The van der Waals surface area contributed by atoms with Crippen molar-refractivity contribution in [3.8, 4) is 16.9 Å². The van der Waals surface area contributed by atoms with Gasteiger partial charge in [0.05, 0.1) is 40.0 Å². The predicted octanol–water partition coefficient (Wildman–Crippen LogP) is 8.63. The van der Waals surface area contributed by atoms with E-state index in [1.807, 2.05) is 110 Å². The number of carbonyl (C=O) groups is 5. The first kappa shape index (κ1) is 46.9. The van der Waals surface area contributed by atoms with Crippen molar-refractivity contribution in [2.45, 2.75) is 83.3 Å². The van der Waals surface area contributed by atoms with E-state index in [1.54, 1.807) is 4.68 Å². The van der Waals surface area contributed by atoms with E-state index in [9.17, 15) is 29.1 Å². The van der Waals surface area contributed by atoms with Crippen LogP contribution in [0.25, 0.3) is 32.2 Å². The molecule has 4 aliphatic rings. The molecule has 16 nitrogen and oxygen atoms in total. The number of pyridine rings is 1. The molecule has 11 rings (SSSR count). The number of aryl methyl sites for hydroxylation is 2. The summed E-state index contributed by atoms with van der Waals surface area (Å²) in [4.78, 5) is 77.5. The van der Waals surface area contributed by atoms with Crippen LogP contribution in [-0.2, 0) is 34.4 Å². The van der Waals surface area contributed by atoms with Crippen LogP contribution in [0.4, 0.5) is 16.6 Å². The Bertz CT molecular complexity index is 3280. The number of nitrogens with one attached hydrogen (secondary N) is 3. The quantitative estimate of drug-likeness (QED) is 0.0901. The van der Waals surface area contributed by atoms with Crippen LogP contribution in [0, 0.1) is 12.3 Å². The Morgan fingerprint density at radius 1 is 0.861 bits per heavy atom. The molecule has 72 heavy (non-hydrogen) atoms. The lowest BCUT2D eigenvalue weighted by molar-refractivity contribution is -0.134. The maximum atomic E-state index is 13.6. The molecule has 1 atom stereocenters. The Balaban J connectivity index is 0.675. The molecule has 1 unspecified atom stereocenters. The number of anilines is 3. The molecule has 1 saturated carbocycles. The van der Waals surface area contributed by atoms with Gasteiger partial charge in [-0.25, -0.2) is 14.8 Å². The molecule has 3 aliphatic heterocycles. The summed E-state index contributed by atoms with van der Waals surface area (Å²) < 4.78 is 9.28. The lowest BCUT2D eigenvalue weighted by Gasteiger charge is -2.45. The van der Waals surface area contributed by atoms with Crippen LogP contribution in [0.15, 0.2) is 91.0 Å². The van der Waals surface area contributed by atoms with Crippen molar-refractivity contribution >= 4 is 78.7 Å². The van der Waals surface area contributed by atoms with Gasteiger partial charge in [-0.1, -0.05) is 41.7 Å². The Morgan fingerprint density at radius 3 is 2.44 bits per heavy atom. The molecule has 3 fully saturated rings. The second kappa shape index (κ2) is 19.3. The van der Waals surface area contributed by atoms with Gasteiger partial charge in [-0.05, 0) is 160 Å². The standard InChI is InChI=1S/C55H55N9O7S/c1-32-28-36(71-35-18-21-55(22-19-35)23-26-63(27-24-55)31-48(66)56-34-10-12-40-44(29-34)62(2)61-49(40)41-15-17-47(65)59-52(41)68)11-13-37(32)38-14-16-46(58-50(38)53(69)70)64-25-20-33-6-5-7-39(42(33)30-64)51(67)60-54-57-43-8-3-4-9-45(43)72-54/h3-14,16,28-29,35,41H,15,17-27,30-31H2,1-2H3,(H,56,66)(H,69,70)(H,57,60,67)(H,59,65,68). The van der Waals surface area contributed by atoms with E-state index in [-0.39, 0.29) is 47.3 Å².